The van der Waals surface area contributed by atoms with Crippen molar-refractivity contribution >= 4 is 0 Å². The Kier molecular flexibility index (Phi) is 2.51. The third-order valence-corrected chi connectivity index (χ3v) is 2.97. The van der Waals surface area contributed by atoms with Gasteiger partial charge in [-0.25, -0.2) is 6.57 Å². The molecule has 0 amide bonds. The highest BCUT2D eigenvalue weighted by Crippen LogP contribution is 2.36. The molecule has 0 fully saturated rings. The molecular weight excluding hydrogens is 172 g/mol. The fraction of sp³-hybridized carbons (Fsp3) is 0.417. The molecule has 1 aliphatic carbocycles. The van der Waals surface area contributed by atoms with Gasteiger partial charge in [0.1, 0.15) is 0 Å². The van der Waals surface area contributed by atoms with E-state index in [0.29, 0.717) is 12.5 Å². The highest BCUT2D eigenvalue weighted by molar-refractivity contribution is 5.35. The molecule has 1 aliphatic rings. The minimum Gasteiger partial charge on any atom is -0.324 e. The zero-order chi connectivity index (χ0) is 9.97. The van der Waals surface area contributed by atoms with Gasteiger partial charge in [0.2, 0.25) is 6.54 Å². The molecule has 2 N–H and O–H groups in total. The van der Waals surface area contributed by atoms with E-state index in [4.69, 9.17) is 12.3 Å². The van der Waals surface area contributed by atoms with Crippen LogP contribution in [0, 0.1) is 6.57 Å². The van der Waals surface area contributed by atoms with Gasteiger partial charge in [-0.15, -0.1) is 0 Å². The lowest BCUT2D eigenvalue weighted by molar-refractivity contribution is 0.508. The average molecular weight is 186 g/mol. The normalized spacial score (nSPS) is 25.1. The summed E-state index contributed by atoms with van der Waals surface area (Å²) in [6.07, 6.45) is 2.07. The Morgan fingerprint density at radius 3 is 2.71 bits per heavy atom. The number of fused-ring (bicyclic) bond motifs is 1. The van der Waals surface area contributed by atoms with Gasteiger partial charge >= 0.3 is 0 Å². The molecule has 1 aromatic rings. The Balaban J connectivity index is 2.37. The Hall–Kier alpha value is -1.33. The predicted molar refractivity (Wildman–Crippen MR) is 56.8 cm³/mol. The molecule has 2 atom stereocenters. The molecular formula is C12H14N2. The first kappa shape index (κ1) is 9.23. The fourth-order valence-corrected chi connectivity index (χ4v) is 2.21. The van der Waals surface area contributed by atoms with Gasteiger partial charge in [0, 0.05) is 6.04 Å². The Morgan fingerprint density at radius 1 is 1.29 bits per heavy atom. The Morgan fingerprint density at radius 2 is 2.00 bits per heavy atom. The number of benzene rings is 1. The molecule has 0 bridgehead atoms. The zero-order valence-electron chi connectivity index (χ0n) is 8.11. The third-order valence-electron chi connectivity index (χ3n) is 2.97. The highest BCUT2D eigenvalue weighted by atomic mass is 14.7. The van der Waals surface area contributed by atoms with Crippen LogP contribution in [0.5, 0.6) is 0 Å². The van der Waals surface area contributed by atoms with Gasteiger partial charge in [0.15, 0.2) is 0 Å². The van der Waals surface area contributed by atoms with E-state index in [-0.39, 0.29) is 6.04 Å². The third kappa shape index (κ3) is 1.51. The van der Waals surface area contributed by atoms with Crippen LogP contribution >= 0.6 is 0 Å². The summed E-state index contributed by atoms with van der Waals surface area (Å²) in [5.74, 6) is 0.406. The van der Waals surface area contributed by atoms with E-state index in [9.17, 15) is 0 Å². The molecule has 0 aliphatic heterocycles. The Labute approximate surface area is 84.6 Å². The van der Waals surface area contributed by atoms with E-state index in [1.54, 1.807) is 0 Å². The van der Waals surface area contributed by atoms with Crippen LogP contribution in [0.25, 0.3) is 4.85 Å². The van der Waals surface area contributed by atoms with Crippen LogP contribution in [0.1, 0.15) is 35.9 Å². The van der Waals surface area contributed by atoms with Gasteiger partial charge in [-0.3, -0.25) is 0 Å². The molecule has 0 heterocycles. The van der Waals surface area contributed by atoms with Crippen molar-refractivity contribution in [1.82, 2.24) is 0 Å². The number of nitrogens with zero attached hydrogens (tertiary/aromatic N) is 1. The molecule has 0 saturated carbocycles. The summed E-state index contributed by atoms with van der Waals surface area (Å²) in [7, 11) is 0. The maximum absolute atomic E-state index is 6.92. The second-order valence-electron chi connectivity index (χ2n) is 3.85. The molecule has 1 aromatic carbocycles. The Bertz CT molecular complexity index is 365. The van der Waals surface area contributed by atoms with Crippen LogP contribution < -0.4 is 5.73 Å². The zero-order valence-corrected chi connectivity index (χ0v) is 8.11. The van der Waals surface area contributed by atoms with Crippen molar-refractivity contribution in [3.8, 4) is 0 Å². The molecule has 2 heteroatoms. The number of rotatable bonds is 1. The molecule has 14 heavy (non-hydrogen) atoms. The van der Waals surface area contributed by atoms with Gasteiger partial charge in [-0.05, 0) is 24.0 Å². The van der Waals surface area contributed by atoms with Crippen LogP contribution in [-0.2, 0) is 0 Å². The standard InChI is InChI=1S/C12H14N2/c1-14-8-9-6-7-12(13)11-5-3-2-4-10(9)11/h2-5,9,12H,6-8,13H2/t9?,12-/m0/s1. The van der Waals surface area contributed by atoms with Crippen molar-refractivity contribution in [2.45, 2.75) is 24.8 Å². The van der Waals surface area contributed by atoms with Crippen LogP contribution in [0.15, 0.2) is 24.3 Å². The number of nitrogens with two attached hydrogens (primary N) is 1. The summed E-state index contributed by atoms with van der Waals surface area (Å²) in [4.78, 5) is 3.49. The first-order valence-electron chi connectivity index (χ1n) is 5.00. The molecule has 0 aromatic heterocycles. The van der Waals surface area contributed by atoms with E-state index >= 15 is 0 Å². The fourth-order valence-electron chi connectivity index (χ4n) is 2.21. The maximum Gasteiger partial charge on any atom is 0.221 e. The van der Waals surface area contributed by atoms with Crippen molar-refractivity contribution in [2.24, 2.45) is 5.73 Å². The summed E-state index contributed by atoms with van der Waals surface area (Å²) in [6, 6.07) is 8.45. The van der Waals surface area contributed by atoms with Gasteiger partial charge in [0.25, 0.3) is 0 Å². The second-order valence-corrected chi connectivity index (χ2v) is 3.85. The summed E-state index contributed by atoms with van der Waals surface area (Å²) >= 11 is 0. The first-order chi connectivity index (χ1) is 6.83. The molecule has 1 unspecified atom stereocenters. The summed E-state index contributed by atoms with van der Waals surface area (Å²) in [5, 5.41) is 0. The lowest BCUT2D eigenvalue weighted by Crippen LogP contribution is -2.21. The van der Waals surface area contributed by atoms with E-state index in [0.717, 1.165) is 12.8 Å². The molecule has 2 rings (SSSR count). The van der Waals surface area contributed by atoms with Crippen LogP contribution in [0.4, 0.5) is 0 Å². The van der Waals surface area contributed by atoms with Crippen LogP contribution in [0.3, 0.4) is 0 Å². The molecule has 72 valence electrons. The van der Waals surface area contributed by atoms with E-state index < -0.39 is 0 Å². The first-order valence-corrected chi connectivity index (χ1v) is 5.00. The smallest absolute Gasteiger partial charge is 0.221 e. The van der Waals surface area contributed by atoms with Gasteiger partial charge in [-0.1, -0.05) is 24.3 Å². The monoisotopic (exact) mass is 186 g/mol. The van der Waals surface area contributed by atoms with Crippen molar-refractivity contribution < 1.29 is 0 Å². The molecule has 0 radical (unpaired) electrons. The minimum atomic E-state index is 0.174. The van der Waals surface area contributed by atoms with Crippen molar-refractivity contribution in [3.05, 3.63) is 46.8 Å². The van der Waals surface area contributed by atoms with E-state index in [1.165, 1.54) is 11.1 Å². The van der Waals surface area contributed by atoms with Crippen molar-refractivity contribution in [1.29, 1.82) is 0 Å². The van der Waals surface area contributed by atoms with Gasteiger partial charge < -0.3 is 10.6 Å². The maximum atomic E-state index is 6.92. The van der Waals surface area contributed by atoms with E-state index in [1.807, 2.05) is 12.1 Å². The topological polar surface area (TPSA) is 30.4 Å². The number of hydrogen-bond donors (Lipinski definition) is 1. The van der Waals surface area contributed by atoms with Gasteiger partial charge in [-0.2, -0.15) is 0 Å². The number of hydrogen-bond acceptors (Lipinski definition) is 1. The SMILES string of the molecule is [C-]#[N+]CC1CC[C@H](N)c2ccccc21. The van der Waals surface area contributed by atoms with Crippen LogP contribution in [-0.4, -0.2) is 6.54 Å². The second kappa shape index (κ2) is 3.81. The molecule has 2 nitrogen and oxygen atoms in total. The van der Waals surface area contributed by atoms with Crippen LogP contribution in [0.2, 0.25) is 0 Å². The van der Waals surface area contributed by atoms with Crippen molar-refractivity contribution in [2.75, 3.05) is 6.54 Å². The predicted octanol–water partition coefficient (Wildman–Crippen LogP) is 2.48. The lowest BCUT2D eigenvalue weighted by atomic mass is 9.80. The summed E-state index contributed by atoms with van der Waals surface area (Å²) in [5.41, 5.74) is 8.56. The largest absolute Gasteiger partial charge is 0.324 e. The molecule has 0 saturated heterocycles. The summed E-state index contributed by atoms with van der Waals surface area (Å²) < 4.78 is 0. The van der Waals surface area contributed by atoms with Crippen molar-refractivity contribution in [3.63, 3.8) is 0 Å². The van der Waals surface area contributed by atoms with E-state index in [2.05, 4.69) is 17.0 Å². The minimum absolute atomic E-state index is 0.174. The average Bonchev–Trinajstić information content (AvgIpc) is 2.23. The summed E-state index contributed by atoms with van der Waals surface area (Å²) in [6.45, 7) is 7.53. The van der Waals surface area contributed by atoms with Gasteiger partial charge in [0.05, 0.1) is 5.92 Å². The molecule has 0 spiro atoms. The quantitative estimate of drug-likeness (QED) is 0.671. The highest BCUT2D eigenvalue weighted by Gasteiger charge is 2.26. The lowest BCUT2D eigenvalue weighted by Gasteiger charge is -2.26.